The van der Waals surface area contributed by atoms with Crippen molar-refractivity contribution < 1.29 is 4.79 Å². The molecule has 3 nitrogen and oxygen atoms in total. The molecule has 112 valence electrons. The fourth-order valence-electron chi connectivity index (χ4n) is 1.88. The van der Waals surface area contributed by atoms with Gasteiger partial charge in [-0.3, -0.25) is 4.79 Å². The summed E-state index contributed by atoms with van der Waals surface area (Å²) in [4.78, 5) is 18.5. The second-order valence-corrected chi connectivity index (χ2v) is 7.28. The highest BCUT2D eigenvalue weighted by molar-refractivity contribution is 7.22. The Morgan fingerprint density at radius 1 is 1.27 bits per heavy atom. The number of thiophene rings is 1. The van der Waals surface area contributed by atoms with Crippen molar-refractivity contribution >= 4 is 57.5 Å². The Morgan fingerprint density at radius 2 is 2.09 bits per heavy atom. The number of aromatic nitrogens is 1. The number of aryl methyl sites for hydroxylation is 1. The van der Waals surface area contributed by atoms with Gasteiger partial charge in [-0.1, -0.05) is 29.3 Å². The normalized spacial score (nSPS) is 10.7. The first-order valence-corrected chi connectivity index (χ1v) is 8.77. The number of thiazole rings is 1. The quantitative estimate of drug-likeness (QED) is 0.640. The standard InChI is InChI=1S/C15H10Cl2N2OS2/c1-8-13(22-15(18-8)12-3-2-6-21-12)14(20)19-11-5-4-9(16)7-10(11)17/h2-7H,1H3,(H,19,20). The van der Waals surface area contributed by atoms with Crippen LogP contribution >= 0.6 is 45.9 Å². The van der Waals surface area contributed by atoms with Gasteiger partial charge < -0.3 is 5.32 Å². The van der Waals surface area contributed by atoms with Gasteiger partial charge in [0.25, 0.3) is 5.91 Å². The van der Waals surface area contributed by atoms with Crippen LogP contribution < -0.4 is 5.32 Å². The lowest BCUT2D eigenvalue weighted by atomic mass is 10.3. The highest BCUT2D eigenvalue weighted by Crippen LogP contribution is 2.32. The molecule has 1 N–H and O–H groups in total. The van der Waals surface area contributed by atoms with Gasteiger partial charge in [0.1, 0.15) is 9.88 Å². The Bertz CT molecular complexity index is 828. The van der Waals surface area contributed by atoms with Crippen molar-refractivity contribution in [2.24, 2.45) is 0 Å². The van der Waals surface area contributed by atoms with Gasteiger partial charge >= 0.3 is 0 Å². The molecule has 0 saturated heterocycles. The minimum absolute atomic E-state index is 0.220. The molecule has 0 aliphatic carbocycles. The number of nitrogens with zero attached hydrogens (tertiary/aromatic N) is 1. The van der Waals surface area contributed by atoms with Crippen LogP contribution in [0.15, 0.2) is 35.7 Å². The molecule has 1 amide bonds. The van der Waals surface area contributed by atoms with Crippen molar-refractivity contribution in [3.63, 3.8) is 0 Å². The molecule has 0 aliphatic rings. The third-order valence-electron chi connectivity index (χ3n) is 2.91. The Kier molecular flexibility index (Phi) is 4.49. The van der Waals surface area contributed by atoms with E-state index in [0.717, 1.165) is 9.88 Å². The van der Waals surface area contributed by atoms with Crippen molar-refractivity contribution in [1.29, 1.82) is 0 Å². The summed E-state index contributed by atoms with van der Waals surface area (Å²) in [6.07, 6.45) is 0. The van der Waals surface area contributed by atoms with E-state index in [1.165, 1.54) is 11.3 Å². The number of nitrogens with one attached hydrogen (secondary N) is 1. The zero-order valence-corrected chi connectivity index (χ0v) is 14.5. The molecule has 0 bridgehead atoms. The smallest absolute Gasteiger partial charge is 0.267 e. The first kappa shape index (κ1) is 15.5. The molecule has 22 heavy (non-hydrogen) atoms. The molecule has 3 rings (SSSR count). The van der Waals surface area contributed by atoms with Crippen LogP contribution in [0.1, 0.15) is 15.4 Å². The molecule has 0 saturated carbocycles. The zero-order valence-electron chi connectivity index (χ0n) is 11.4. The first-order valence-electron chi connectivity index (χ1n) is 6.32. The highest BCUT2D eigenvalue weighted by Gasteiger charge is 2.17. The van der Waals surface area contributed by atoms with Crippen LogP contribution in [0.2, 0.25) is 10.0 Å². The van der Waals surface area contributed by atoms with E-state index in [1.807, 2.05) is 24.4 Å². The predicted octanol–water partition coefficient (Wildman–Crippen LogP) is 5.74. The van der Waals surface area contributed by atoms with Crippen molar-refractivity contribution in [3.05, 3.63) is 56.3 Å². The summed E-state index contributed by atoms with van der Waals surface area (Å²) in [5, 5.41) is 6.56. The molecule has 0 unspecified atom stereocenters. The van der Waals surface area contributed by atoms with Crippen molar-refractivity contribution in [1.82, 2.24) is 4.98 Å². The summed E-state index contributed by atoms with van der Waals surface area (Å²) < 4.78 is 0. The molecule has 2 aromatic heterocycles. The number of benzene rings is 1. The van der Waals surface area contributed by atoms with Crippen molar-refractivity contribution in [3.8, 4) is 9.88 Å². The van der Waals surface area contributed by atoms with Crippen LogP contribution in [-0.4, -0.2) is 10.9 Å². The summed E-state index contributed by atoms with van der Waals surface area (Å²) in [6, 6.07) is 8.90. The minimum atomic E-state index is -0.220. The molecular weight excluding hydrogens is 359 g/mol. The molecular formula is C15H10Cl2N2OS2. The number of carbonyl (C=O) groups is 1. The number of carbonyl (C=O) groups excluding carboxylic acids is 1. The molecule has 0 radical (unpaired) electrons. The number of hydrogen-bond donors (Lipinski definition) is 1. The lowest BCUT2D eigenvalue weighted by Crippen LogP contribution is -2.11. The van der Waals surface area contributed by atoms with Gasteiger partial charge in [0.15, 0.2) is 0 Å². The average molecular weight is 369 g/mol. The number of rotatable bonds is 3. The maximum atomic E-state index is 12.4. The van der Waals surface area contributed by atoms with Crippen molar-refractivity contribution in [2.75, 3.05) is 5.32 Å². The monoisotopic (exact) mass is 368 g/mol. The van der Waals surface area contributed by atoms with Crippen LogP contribution in [0.25, 0.3) is 9.88 Å². The fraction of sp³-hybridized carbons (Fsp3) is 0.0667. The lowest BCUT2D eigenvalue weighted by Gasteiger charge is -2.06. The number of hydrogen-bond acceptors (Lipinski definition) is 4. The van der Waals surface area contributed by atoms with Crippen LogP contribution in [0.5, 0.6) is 0 Å². The average Bonchev–Trinajstić information content (AvgIpc) is 3.10. The zero-order chi connectivity index (χ0) is 15.7. The molecule has 0 spiro atoms. The molecule has 2 heterocycles. The van der Waals surface area contributed by atoms with E-state index < -0.39 is 0 Å². The number of anilines is 1. The molecule has 1 aromatic carbocycles. The van der Waals surface area contributed by atoms with Crippen LogP contribution in [-0.2, 0) is 0 Å². The van der Waals surface area contributed by atoms with E-state index in [1.54, 1.807) is 29.5 Å². The molecule has 3 aromatic rings. The Balaban J connectivity index is 1.86. The second-order valence-electron chi connectivity index (χ2n) is 4.49. The van der Waals surface area contributed by atoms with E-state index in [-0.39, 0.29) is 5.91 Å². The Hall–Kier alpha value is -1.40. The summed E-state index contributed by atoms with van der Waals surface area (Å²) >= 11 is 14.9. The summed E-state index contributed by atoms with van der Waals surface area (Å²) in [7, 11) is 0. The van der Waals surface area contributed by atoms with E-state index in [9.17, 15) is 4.79 Å². The molecule has 0 aliphatic heterocycles. The number of halogens is 2. The molecule has 7 heteroatoms. The van der Waals surface area contributed by atoms with E-state index in [4.69, 9.17) is 23.2 Å². The highest BCUT2D eigenvalue weighted by atomic mass is 35.5. The third kappa shape index (κ3) is 3.17. The molecule has 0 atom stereocenters. The van der Waals surface area contributed by atoms with Crippen LogP contribution in [0.3, 0.4) is 0 Å². The Labute approximate surface area is 145 Å². The molecule has 0 fully saturated rings. The maximum absolute atomic E-state index is 12.4. The largest absolute Gasteiger partial charge is 0.320 e. The van der Waals surface area contributed by atoms with Crippen LogP contribution in [0, 0.1) is 6.92 Å². The van der Waals surface area contributed by atoms with E-state index in [0.29, 0.717) is 26.3 Å². The van der Waals surface area contributed by atoms with Gasteiger partial charge in [-0.2, -0.15) is 0 Å². The lowest BCUT2D eigenvalue weighted by molar-refractivity contribution is 0.103. The number of amides is 1. The first-order chi connectivity index (χ1) is 10.5. The Morgan fingerprint density at radius 3 is 2.77 bits per heavy atom. The topological polar surface area (TPSA) is 42.0 Å². The van der Waals surface area contributed by atoms with Gasteiger partial charge in [-0.15, -0.1) is 22.7 Å². The van der Waals surface area contributed by atoms with Gasteiger partial charge in [-0.05, 0) is 36.6 Å². The fourth-order valence-corrected chi connectivity index (χ4v) is 4.10. The van der Waals surface area contributed by atoms with E-state index >= 15 is 0 Å². The van der Waals surface area contributed by atoms with Crippen molar-refractivity contribution in [2.45, 2.75) is 6.92 Å². The maximum Gasteiger partial charge on any atom is 0.267 e. The van der Waals surface area contributed by atoms with Gasteiger partial charge in [0.2, 0.25) is 0 Å². The predicted molar refractivity (Wildman–Crippen MR) is 94.6 cm³/mol. The van der Waals surface area contributed by atoms with Gasteiger partial charge in [0, 0.05) is 5.02 Å². The minimum Gasteiger partial charge on any atom is -0.320 e. The van der Waals surface area contributed by atoms with Gasteiger partial charge in [-0.25, -0.2) is 4.98 Å². The third-order valence-corrected chi connectivity index (χ3v) is 5.66. The van der Waals surface area contributed by atoms with Crippen LogP contribution in [0.4, 0.5) is 5.69 Å². The summed E-state index contributed by atoms with van der Waals surface area (Å²) in [5.74, 6) is -0.220. The summed E-state index contributed by atoms with van der Waals surface area (Å²) in [6.45, 7) is 1.83. The SMILES string of the molecule is Cc1nc(-c2cccs2)sc1C(=O)Nc1ccc(Cl)cc1Cl. The van der Waals surface area contributed by atoms with E-state index in [2.05, 4.69) is 10.3 Å². The summed E-state index contributed by atoms with van der Waals surface area (Å²) in [5.41, 5.74) is 1.23. The van der Waals surface area contributed by atoms with Gasteiger partial charge in [0.05, 0.1) is 21.3 Å². The second kappa shape index (κ2) is 6.38.